The predicted octanol–water partition coefficient (Wildman–Crippen LogP) is 2.91. The number of nitrogens with zero attached hydrogens (tertiary/aromatic N) is 1. The number of rotatable bonds is 5. The van der Waals surface area contributed by atoms with Gasteiger partial charge in [-0.1, -0.05) is 42.5 Å². The Balaban J connectivity index is 1.93. The second-order valence-corrected chi connectivity index (χ2v) is 5.95. The van der Waals surface area contributed by atoms with Gasteiger partial charge in [0, 0.05) is 24.9 Å². The van der Waals surface area contributed by atoms with Gasteiger partial charge >= 0.3 is 0 Å². The summed E-state index contributed by atoms with van der Waals surface area (Å²) in [5.74, 6) is 0.450. The van der Waals surface area contributed by atoms with Crippen LogP contribution in [-0.2, 0) is 7.05 Å². The topological polar surface area (TPSA) is 60.3 Å². The summed E-state index contributed by atoms with van der Waals surface area (Å²) in [6.45, 7) is 0. The minimum Gasteiger partial charge on any atom is -0.497 e. The molecule has 3 aromatic rings. The molecule has 0 aliphatic heterocycles. The van der Waals surface area contributed by atoms with E-state index in [9.17, 15) is 9.59 Å². The van der Waals surface area contributed by atoms with Crippen LogP contribution in [0.2, 0.25) is 0 Å². The van der Waals surface area contributed by atoms with Gasteiger partial charge in [0.1, 0.15) is 5.75 Å². The van der Waals surface area contributed by atoms with E-state index in [4.69, 9.17) is 4.74 Å². The van der Waals surface area contributed by atoms with Gasteiger partial charge in [-0.3, -0.25) is 9.59 Å². The smallest absolute Gasteiger partial charge is 0.252 e. The van der Waals surface area contributed by atoms with Crippen LogP contribution in [0.5, 0.6) is 5.75 Å². The summed E-state index contributed by atoms with van der Waals surface area (Å²) in [4.78, 5) is 24.5. The molecule has 0 saturated heterocycles. The van der Waals surface area contributed by atoms with E-state index in [1.165, 1.54) is 10.6 Å². The molecule has 0 bridgehead atoms. The Hall–Kier alpha value is -3.34. The zero-order valence-electron chi connectivity index (χ0n) is 14.7. The fraction of sp³-hybridized carbons (Fsp3) is 0.143. The Bertz CT molecular complexity index is 947. The first-order chi connectivity index (χ1) is 12.6. The SMILES string of the molecule is COc1ccc(C(NC(=O)c2ccn(C)c(=O)c2)c2ccccc2)cc1. The number of carbonyl (C=O) groups is 1. The van der Waals surface area contributed by atoms with E-state index in [-0.39, 0.29) is 17.5 Å². The number of pyridine rings is 1. The lowest BCUT2D eigenvalue weighted by atomic mass is 9.98. The van der Waals surface area contributed by atoms with Crippen molar-refractivity contribution in [3.05, 3.63) is 100.0 Å². The van der Waals surface area contributed by atoms with Crippen LogP contribution in [0, 0.1) is 0 Å². The van der Waals surface area contributed by atoms with Crippen LogP contribution >= 0.6 is 0 Å². The maximum Gasteiger partial charge on any atom is 0.252 e. The van der Waals surface area contributed by atoms with E-state index in [2.05, 4.69) is 5.32 Å². The maximum absolute atomic E-state index is 12.7. The Labute approximate surface area is 151 Å². The van der Waals surface area contributed by atoms with Gasteiger partial charge < -0.3 is 14.6 Å². The van der Waals surface area contributed by atoms with Crippen molar-refractivity contribution in [1.82, 2.24) is 9.88 Å². The fourth-order valence-corrected chi connectivity index (χ4v) is 2.71. The molecule has 132 valence electrons. The number of ether oxygens (including phenoxy) is 1. The number of methoxy groups -OCH3 is 1. The van der Waals surface area contributed by atoms with Crippen LogP contribution in [-0.4, -0.2) is 17.6 Å². The van der Waals surface area contributed by atoms with Crippen LogP contribution in [0.3, 0.4) is 0 Å². The predicted molar refractivity (Wildman–Crippen MR) is 100 cm³/mol. The molecule has 1 atom stereocenters. The van der Waals surface area contributed by atoms with Crippen molar-refractivity contribution < 1.29 is 9.53 Å². The van der Waals surface area contributed by atoms with Gasteiger partial charge in [0.2, 0.25) is 0 Å². The Morgan fingerprint density at radius 1 is 1.00 bits per heavy atom. The quantitative estimate of drug-likeness (QED) is 0.771. The minimum atomic E-state index is -0.335. The van der Waals surface area contributed by atoms with Crippen molar-refractivity contribution in [1.29, 1.82) is 0 Å². The van der Waals surface area contributed by atoms with Crippen LogP contribution < -0.4 is 15.6 Å². The van der Waals surface area contributed by atoms with Crippen LogP contribution in [0.25, 0.3) is 0 Å². The normalized spacial score (nSPS) is 11.6. The molecule has 1 N–H and O–H groups in total. The molecule has 3 rings (SSSR count). The molecule has 0 spiro atoms. The second-order valence-electron chi connectivity index (χ2n) is 5.95. The first kappa shape index (κ1) is 17.5. The average Bonchev–Trinajstić information content (AvgIpc) is 2.69. The highest BCUT2D eigenvalue weighted by molar-refractivity contribution is 5.94. The zero-order chi connectivity index (χ0) is 18.5. The summed E-state index contributed by atoms with van der Waals surface area (Å²) in [5, 5.41) is 3.02. The highest BCUT2D eigenvalue weighted by Crippen LogP contribution is 2.24. The van der Waals surface area contributed by atoms with E-state index in [0.29, 0.717) is 5.56 Å². The molecule has 0 fully saturated rings. The lowest BCUT2D eigenvalue weighted by Gasteiger charge is -2.20. The third-order valence-electron chi connectivity index (χ3n) is 4.22. The lowest BCUT2D eigenvalue weighted by Crippen LogP contribution is -2.30. The molecule has 5 heteroatoms. The van der Waals surface area contributed by atoms with Crippen molar-refractivity contribution in [2.75, 3.05) is 7.11 Å². The van der Waals surface area contributed by atoms with E-state index in [1.54, 1.807) is 26.4 Å². The largest absolute Gasteiger partial charge is 0.497 e. The number of hydrogen-bond acceptors (Lipinski definition) is 3. The van der Waals surface area contributed by atoms with Crippen molar-refractivity contribution in [2.24, 2.45) is 7.05 Å². The minimum absolute atomic E-state index is 0.224. The molecule has 1 unspecified atom stereocenters. The molecular formula is C21H20N2O3. The molecule has 26 heavy (non-hydrogen) atoms. The van der Waals surface area contributed by atoms with Gasteiger partial charge in [-0.05, 0) is 29.3 Å². The molecule has 1 aromatic heterocycles. The third kappa shape index (κ3) is 3.83. The van der Waals surface area contributed by atoms with Gasteiger partial charge in [-0.2, -0.15) is 0 Å². The third-order valence-corrected chi connectivity index (χ3v) is 4.22. The van der Waals surface area contributed by atoms with Crippen molar-refractivity contribution >= 4 is 5.91 Å². The second kappa shape index (κ2) is 7.70. The first-order valence-corrected chi connectivity index (χ1v) is 8.25. The van der Waals surface area contributed by atoms with Gasteiger partial charge in [0.15, 0.2) is 0 Å². The molecule has 0 saturated carbocycles. The monoisotopic (exact) mass is 348 g/mol. The molecule has 0 aliphatic carbocycles. The molecule has 1 amide bonds. The highest BCUT2D eigenvalue weighted by atomic mass is 16.5. The van der Waals surface area contributed by atoms with Gasteiger partial charge in [0.25, 0.3) is 11.5 Å². The number of aryl methyl sites for hydroxylation is 1. The molecule has 2 aromatic carbocycles. The van der Waals surface area contributed by atoms with Crippen LogP contribution in [0.15, 0.2) is 77.7 Å². The molecule has 5 nitrogen and oxygen atoms in total. The summed E-state index contributed by atoms with van der Waals surface area (Å²) in [6.07, 6.45) is 1.59. The summed E-state index contributed by atoms with van der Waals surface area (Å²) in [7, 11) is 3.26. The maximum atomic E-state index is 12.7. The number of aromatic nitrogens is 1. The average molecular weight is 348 g/mol. The molecule has 0 aliphatic rings. The first-order valence-electron chi connectivity index (χ1n) is 8.25. The zero-order valence-corrected chi connectivity index (χ0v) is 14.7. The van der Waals surface area contributed by atoms with E-state index < -0.39 is 0 Å². The molecule has 0 radical (unpaired) electrons. The number of hydrogen-bond donors (Lipinski definition) is 1. The lowest BCUT2D eigenvalue weighted by molar-refractivity contribution is 0.0942. The highest BCUT2D eigenvalue weighted by Gasteiger charge is 2.18. The number of nitrogens with one attached hydrogen (secondary N) is 1. The summed E-state index contributed by atoms with van der Waals surface area (Å²) in [6, 6.07) is 19.9. The van der Waals surface area contributed by atoms with Gasteiger partial charge in [-0.15, -0.1) is 0 Å². The van der Waals surface area contributed by atoms with Crippen LogP contribution in [0.1, 0.15) is 27.5 Å². The number of carbonyl (C=O) groups excluding carboxylic acids is 1. The summed E-state index contributed by atoms with van der Waals surface area (Å²) < 4.78 is 6.63. The summed E-state index contributed by atoms with van der Waals surface area (Å²) >= 11 is 0. The summed E-state index contributed by atoms with van der Waals surface area (Å²) in [5.41, 5.74) is 1.99. The molecular weight excluding hydrogens is 328 g/mol. The van der Waals surface area contributed by atoms with Crippen molar-refractivity contribution in [2.45, 2.75) is 6.04 Å². The Morgan fingerprint density at radius 3 is 2.27 bits per heavy atom. The van der Waals surface area contributed by atoms with Crippen molar-refractivity contribution in [3.8, 4) is 5.75 Å². The van der Waals surface area contributed by atoms with Gasteiger partial charge in [0.05, 0.1) is 13.2 Å². The van der Waals surface area contributed by atoms with Crippen LogP contribution in [0.4, 0.5) is 0 Å². The number of amides is 1. The van der Waals surface area contributed by atoms with E-state index in [0.717, 1.165) is 16.9 Å². The van der Waals surface area contributed by atoms with Crippen molar-refractivity contribution in [3.63, 3.8) is 0 Å². The van der Waals surface area contributed by atoms with E-state index >= 15 is 0 Å². The molecule has 1 heterocycles. The Kier molecular flexibility index (Phi) is 5.17. The fourth-order valence-electron chi connectivity index (χ4n) is 2.71. The standard InChI is InChI=1S/C21H20N2O3/c1-23-13-12-17(14-19(23)24)21(25)22-20(15-6-4-3-5-7-15)16-8-10-18(26-2)11-9-16/h3-14,20H,1-2H3,(H,22,25). The number of benzene rings is 2. The van der Waals surface area contributed by atoms with Gasteiger partial charge in [-0.25, -0.2) is 0 Å². The van der Waals surface area contributed by atoms with E-state index in [1.807, 2.05) is 54.6 Å². The Morgan fingerprint density at radius 2 is 1.65 bits per heavy atom.